The van der Waals surface area contributed by atoms with Crippen LogP contribution < -0.4 is 10.2 Å². The van der Waals surface area contributed by atoms with E-state index in [-0.39, 0.29) is 30.6 Å². The molecule has 2 aromatic heterocycles. The standard InChI is InChI=1S/C26H34N6O3/c1-18-9-10-20-21(32(18)26(34)35-2)11-12-22-25(20)29-23(13-16-30-15-6-14-27-30)31(22)17-24(33)28-19-7-4-3-5-8-19/h6,11-12,14-15,18-19H,3-5,7-10,13,16-17H2,1-2H3,(H,28,33)/t18-/m0/s1. The molecule has 2 amide bonds. The smallest absolute Gasteiger partial charge is 0.414 e. The molecule has 1 aromatic carbocycles. The summed E-state index contributed by atoms with van der Waals surface area (Å²) in [5, 5.41) is 7.55. The van der Waals surface area contributed by atoms with Crippen LogP contribution in [0.5, 0.6) is 0 Å². The minimum atomic E-state index is -0.358. The number of rotatable bonds is 6. The van der Waals surface area contributed by atoms with Gasteiger partial charge in [0.1, 0.15) is 12.4 Å². The quantitative estimate of drug-likeness (QED) is 0.581. The second kappa shape index (κ2) is 10.1. The number of carbonyl (C=O) groups excluding carboxylic acids is 2. The van der Waals surface area contributed by atoms with Crippen molar-refractivity contribution in [1.29, 1.82) is 0 Å². The van der Waals surface area contributed by atoms with Gasteiger partial charge in [0.05, 0.1) is 23.8 Å². The van der Waals surface area contributed by atoms with Crippen LogP contribution in [0.3, 0.4) is 0 Å². The van der Waals surface area contributed by atoms with Crippen molar-refractivity contribution in [2.45, 2.75) is 83.5 Å². The Morgan fingerprint density at radius 2 is 2.00 bits per heavy atom. The van der Waals surface area contributed by atoms with Crippen molar-refractivity contribution in [3.05, 3.63) is 42.0 Å². The minimum Gasteiger partial charge on any atom is -0.452 e. The Balaban J connectivity index is 1.49. The number of ether oxygens (including phenoxy) is 1. The second-order valence-electron chi connectivity index (χ2n) is 9.69. The first-order valence-electron chi connectivity index (χ1n) is 12.7. The molecule has 9 nitrogen and oxygen atoms in total. The van der Waals surface area contributed by atoms with E-state index in [0.717, 1.165) is 53.8 Å². The molecule has 1 aliphatic carbocycles. The summed E-state index contributed by atoms with van der Waals surface area (Å²) in [6.45, 7) is 2.94. The van der Waals surface area contributed by atoms with Crippen molar-refractivity contribution in [2.24, 2.45) is 0 Å². The molecule has 1 fully saturated rings. The van der Waals surface area contributed by atoms with Crippen molar-refractivity contribution >= 4 is 28.7 Å². The average Bonchev–Trinajstić information content (AvgIpc) is 3.51. The van der Waals surface area contributed by atoms with Crippen molar-refractivity contribution in [1.82, 2.24) is 24.6 Å². The molecule has 1 atom stereocenters. The van der Waals surface area contributed by atoms with Gasteiger partial charge in [-0.25, -0.2) is 9.78 Å². The predicted octanol–water partition coefficient (Wildman–Crippen LogP) is 3.83. The number of fused-ring (bicyclic) bond motifs is 3. The van der Waals surface area contributed by atoms with Gasteiger partial charge in [-0.2, -0.15) is 5.10 Å². The molecule has 0 saturated heterocycles. The van der Waals surface area contributed by atoms with E-state index in [1.54, 1.807) is 11.1 Å². The number of hydrogen-bond donors (Lipinski definition) is 1. The van der Waals surface area contributed by atoms with E-state index in [1.165, 1.54) is 26.4 Å². The molecule has 3 heterocycles. The fourth-order valence-corrected chi connectivity index (χ4v) is 5.53. The summed E-state index contributed by atoms with van der Waals surface area (Å²) in [4.78, 5) is 32.4. The Morgan fingerprint density at radius 3 is 2.74 bits per heavy atom. The van der Waals surface area contributed by atoms with Gasteiger partial charge in [0, 0.05) is 43.0 Å². The van der Waals surface area contributed by atoms with E-state index in [9.17, 15) is 9.59 Å². The summed E-state index contributed by atoms with van der Waals surface area (Å²) >= 11 is 0. The summed E-state index contributed by atoms with van der Waals surface area (Å²) in [6, 6.07) is 6.18. The number of amides is 2. The SMILES string of the molecule is COC(=O)N1c2ccc3c(nc(CCn4cccn4)n3CC(=O)NC3CCCCC3)c2CC[C@@H]1C. The highest BCUT2D eigenvalue weighted by Crippen LogP contribution is 2.36. The number of nitrogens with zero attached hydrogens (tertiary/aromatic N) is 5. The zero-order chi connectivity index (χ0) is 24.4. The van der Waals surface area contributed by atoms with Gasteiger partial charge < -0.3 is 14.6 Å². The Labute approximate surface area is 205 Å². The molecule has 0 radical (unpaired) electrons. The molecular formula is C26H34N6O3. The topological polar surface area (TPSA) is 94.3 Å². The molecule has 1 aliphatic heterocycles. The zero-order valence-electron chi connectivity index (χ0n) is 20.6. The summed E-state index contributed by atoms with van der Waals surface area (Å²) < 4.78 is 8.98. The first-order valence-corrected chi connectivity index (χ1v) is 12.7. The van der Waals surface area contributed by atoms with Gasteiger partial charge in [0.15, 0.2) is 0 Å². The van der Waals surface area contributed by atoms with Crippen molar-refractivity contribution in [3.8, 4) is 0 Å². The molecule has 2 aliphatic rings. The monoisotopic (exact) mass is 478 g/mol. The zero-order valence-corrected chi connectivity index (χ0v) is 20.6. The van der Waals surface area contributed by atoms with E-state index in [2.05, 4.69) is 10.4 Å². The third-order valence-electron chi connectivity index (χ3n) is 7.36. The third kappa shape index (κ3) is 4.76. The van der Waals surface area contributed by atoms with Crippen LogP contribution in [0, 0.1) is 0 Å². The molecule has 9 heteroatoms. The van der Waals surface area contributed by atoms with E-state index in [1.807, 2.05) is 40.6 Å². The Morgan fingerprint density at radius 1 is 1.17 bits per heavy atom. The number of benzene rings is 1. The molecular weight excluding hydrogens is 444 g/mol. The van der Waals surface area contributed by atoms with Gasteiger partial charge in [-0.3, -0.25) is 14.4 Å². The average molecular weight is 479 g/mol. The number of carbonyl (C=O) groups is 2. The van der Waals surface area contributed by atoms with Crippen LogP contribution in [0.1, 0.15) is 56.8 Å². The molecule has 186 valence electrons. The Bertz CT molecular complexity index is 1200. The first kappa shape index (κ1) is 23.4. The van der Waals surface area contributed by atoms with Crippen LogP contribution in [0.4, 0.5) is 10.5 Å². The molecule has 35 heavy (non-hydrogen) atoms. The number of nitrogens with one attached hydrogen (secondary N) is 1. The number of hydrogen-bond acceptors (Lipinski definition) is 5. The van der Waals surface area contributed by atoms with Crippen LogP contribution in [0.2, 0.25) is 0 Å². The predicted molar refractivity (Wildman–Crippen MR) is 133 cm³/mol. The lowest BCUT2D eigenvalue weighted by Crippen LogP contribution is -2.42. The number of aromatic nitrogens is 4. The summed E-state index contributed by atoms with van der Waals surface area (Å²) in [6.07, 6.45) is 11.4. The van der Waals surface area contributed by atoms with E-state index >= 15 is 0 Å². The lowest BCUT2D eigenvalue weighted by molar-refractivity contribution is -0.122. The third-order valence-corrected chi connectivity index (χ3v) is 7.36. The van der Waals surface area contributed by atoms with Gasteiger partial charge in [-0.05, 0) is 50.8 Å². The van der Waals surface area contributed by atoms with Crippen molar-refractivity contribution in [3.63, 3.8) is 0 Å². The Hall–Kier alpha value is -3.36. The first-order chi connectivity index (χ1) is 17.0. The van der Waals surface area contributed by atoms with Crippen LogP contribution in [0.25, 0.3) is 11.0 Å². The van der Waals surface area contributed by atoms with Gasteiger partial charge in [-0.15, -0.1) is 0 Å². The fraction of sp³-hybridized carbons (Fsp3) is 0.538. The number of imidazole rings is 1. The highest BCUT2D eigenvalue weighted by Gasteiger charge is 2.31. The number of methoxy groups -OCH3 is 1. The van der Waals surface area contributed by atoms with E-state index < -0.39 is 0 Å². The molecule has 1 saturated carbocycles. The van der Waals surface area contributed by atoms with Gasteiger partial charge in [0.25, 0.3) is 0 Å². The van der Waals surface area contributed by atoms with Gasteiger partial charge in [-0.1, -0.05) is 19.3 Å². The maximum absolute atomic E-state index is 13.1. The van der Waals surface area contributed by atoms with Crippen molar-refractivity contribution in [2.75, 3.05) is 12.0 Å². The Kier molecular flexibility index (Phi) is 6.74. The number of anilines is 1. The molecule has 0 unspecified atom stereocenters. The maximum Gasteiger partial charge on any atom is 0.414 e. The summed E-state index contributed by atoms with van der Waals surface area (Å²) in [5.41, 5.74) is 3.68. The molecule has 0 spiro atoms. The molecule has 0 bridgehead atoms. The summed E-state index contributed by atoms with van der Waals surface area (Å²) in [7, 11) is 1.41. The number of aryl methyl sites for hydroxylation is 3. The lowest BCUT2D eigenvalue weighted by Gasteiger charge is -2.34. The summed E-state index contributed by atoms with van der Waals surface area (Å²) in [5.74, 6) is 0.880. The van der Waals surface area contributed by atoms with Crippen LogP contribution >= 0.6 is 0 Å². The molecule has 1 N–H and O–H groups in total. The maximum atomic E-state index is 13.1. The fourth-order valence-electron chi connectivity index (χ4n) is 5.53. The van der Waals surface area contributed by atoms with Crippen molar-refractivity contribution < 1.29 is 14.3 Å². The van der Waals surface area contributed by atoms with Crippen LogP contribution in [0.15, 0.2) is 30.6 Å². The minimum absolute atomic E-state index is 0.0269. The largest absolute Gasteiger partial charge is 0.452 e. The van der Waals surface area contributed by atoms with E-state index in [0.29, 0.717) is 13.0 Å². The highest BCUT2D eigenvalue weighted by atomic mass is 16.5. The normalized spacial score (nSPS) is 18.5. The van der Waals surface area contributed by atoms with Crippen LogP contribution in [-0.4, -0.2) is 50.5 Å². The lowest BCUT2D eigenvalue weighted by atomic mass is 9.95. The van der Waals surface area contributed by atoms with E-state index in [4.69, 9.17) is 9.72 Å². The van der Waals surface area contributed by atoms with Gasteiger partial charge >= 0.3 is 6.09 Å². The highest BCUT2D eigenvalue weighted by molar-refractivity contribution is 5.95. The van der Waals surface area contributed by atoms with Crippen LogP contribution in [-0.2, 0) is 35.5 Å². The second-order valence-corrected chi connectivity index (χ2v) is 9.69. The molecule has 3 aromatic rings. The molecule has 5 rings (SSSR count). The van der Waals surface area contributed by atoms with Gasteiger partial charge in [0.2, 0.25) is 5.91 Å².